The highest BCUT2D eigenvalue weighted by atomic mass is 16.2. The van der Waals surface area contributed by atoms with E-state index in [4.69, 9.17) is 0 Å². The summed E-state index contributed by atoms with van der Waals surface area (Å²) in [5, 5.41) is 3.47. The van der Waals surface area contributed by atoms with E-state index in [1.54, 1.807) is 0 Å². The van der Waals surface area contributed by atoms with Crippen molar-refractivity contribution in [3.05, 3.63) is 29.3 Å². The number of nitrogens with one attached hydrogen (secondary N) is 1. The van der Waals surface area contributed by atoms with Gasteiger partial charge in [0.05, 0.1) is 0 Å². The zero-order valence-electron chi connectivity index (χ0n) is 16.5. The van der Waals surface area contributed by atoms with E-state index in [2.05, 4.69) is 25.2 Å². The largest absolute Gasteiger partial charge is 0.339 e. The van der Waals surface area contributed by atoms with Crippen LogP contribution in [0.3, 0.4) is 0 Å². The minimum absolute atomic E-state index is 0.142. The molecule has 2 fully saturated rings. The molecule has 0 radical (unpaired) electrons. The second-order valence-corrected chi connectivity index (χ2v) is 8.43. The van der Waals surface area contributed by atoms with E-state index in [0.29, 0.717) is 18.3 Å². The van der Waals surface area contributed by atoms with Gasteiger partial charge >= 0.3 is 0 Å². The van der Waals surface area contributed by atoms with Gasteiger partial charge in [-0.15, -0.1) is 0 Å². The smallest absolute Gasteiger partial charge is 0.253 e. The molecule has 1 aromatic carbocycles. The van der Waals surface area contributed by atoms with E-state index in [0.717, 1.165) is 63.1 Å². The van der Waals surface area contributed by atoms with Gasteiger partial charge in [-0.1, -0.05) is 13.8 Å². The molecule has 1 N–H and O–H groups in total. The number of nitrogens with zero attached hydrogens (tertiary/aromatic N) is 2. The highest BCUT2D eigenvalue weighted by Gasteiger charge is 2.42. The maximum atomic E-state index is 13.0. The molecule has 3 aliphatic heterocycles. The van der Waals surface area contributed by atoms with Crippen LogP contribution in [0.15, 0.2) is 18.2 Å². The van der Waals surface area contributed by atoms with E-state index < -0.39 is 0 Å². The van der Waals surface area contributed by atoms with Gasteiger partial charge < -0.3 is 15.1 Å². The maximum Gasteiger partial charge on any atom is 0.253 e. The summed E-state index contributed by atoms with van der Waals surface area (Å²) < 4.78 is 0. The zero-order valence-corrected chi connectivity index (χ0v) is 16.5. The first-order valence-corrected chi connectivity index (χ1v) is 10.6. The van der Waals surface area contributed by atoms with Crippen molar-refractivity contribution in [1.82, 2.24) is 10.2 Å². The van der Waals surface area contributed by atoms with Crippen LogP contribution in [-0.2, 0) is 4.79 Å². The summed E-state index contributed by atoms with van der Waals surface area (Å²) in [5.74, 6) is 1.37. The molecule has 146 valence electrons. The molecule has 2 amide bonds. The molecule has 3 aliphatic rings. The molecule has 5 nitrogen and oxygen atoms in total. The van der Waals surface area contributed by atoms with Gasteiger partial charge in [0.1, 0.15) is 0 Å². The van der Waals surface area contributed by atoms with Crippen molar-refractivity contribution >= 4 is 17.5 Å². The van der Waals surface area contributed by atoms with Gasteiger partial charge in [0.2, 0.25) is 5.91 Å². The Bertz CT molecular complexity index is 724. The summed E-state index contributed by atoms with van der Waals surface area (Å²) in [7, 11) is 0. The maximum absolute atomic E-state index is 13.0. The molecule has 4 rings (SSSR count). The molecule has 0 spiro atoms. The number of rotatable bonds is 3. The van der Waals surface area contributed by atoms with Crippen molar-refractivity contribution < 1.29 is 9.59 Å². The van der Waals surface area contributed by atoms with Crippen molar-refractivity contribution in [2.45, 2.75) is 57.9 Å². The number of carbonyl (C=O) groups is 2. The summed E-state index contributed by atoms with van der Waals surface area (Å²) in [5.41, 5.74) is 2.97. The van der Waals surface area contributed by atoms with Gasteiger partial charge in [-0.25, -0.2) is 0 Å². The first kappa shape index (κ1) is 18.5. The topological polar surface area (TPSA) is 52.7 Å². The number of likely N-dealkylation sites (tertiary alicyclic amines) is 1. The third-order valence-electron chi connectivity index (χ3n) is 6.51. The van der Waals surface area contributed by atoms with Crippen molar-refractivity contribution in [3.63, 3.8) is 0 Å². The van der Waals surface area contributed by atoms with E-state index in [1.165, 1.54) is 5.56 Å². The second kappa shape index (κ2) is 7.63. The van der Waals surface area contributed by atoms with Gasteiger partial charge in [-0.3, -0.25) is 9.59 Å². The second-order valence-electron chi connectivity index (χ2n) is 8.43. The number of anilines is 1. The predicted molar refractivity (Wildman–Crippen MR) is 107 cm³/mol. The molecule has 0 saturated carbocycles. The monoisotopic (exact) mass is 369 g/mol. The average Bonchev–Trinajstić information content (AvgIpc) is 3.02. The van der Waals surface area contributed by atoms with Crippen molar-refractivity contribution in [2.24, 2.45) is 5.92 Å². The molecule has 3 heterocycles. The van der Waals surface area contributed by atoms with Gasteiger partial charge in [-0.2, -0.15) is 0 Å². The first-order valence-electron chi connectivity index (χ1n) is 10.6. The highest BCUT2D eigenvalue weighted by molar-refractivity contribution is 5.99. The third kappa shape index (κ3) is 3.38. The fraction of sp³-hybridized carbons (Fsp3) is 0.636. The highest BCUT2D eigenvalue weighted by Crippen LogP contribution is 2.44. The summed E-state index contributed by atoms with van der Waals surface area (Å²) in [4.78, 5) is 29.8. The van der Waals surface area contributed by atoms with Crippen LogP contribution in [0.2, 0.25) is 0 Å². The van der Waals surface area contributed by atoms with E-state index >= 15 is 0 Å². The molecule has 27 heavy (non-hydrogen) atoms. The van der Waals surface area contributed by atoms with Crippen LogP contribution in [0.25, 0.3) is 0 Å². The number of hydrogen-bond acceptors (Lipinski definition) is 3. The summed E-state index contributed by atoms with van der Waals surface area (Å²) >= 11 is 0. The molecule has 5 heteroatoms. The minimum Gasteiger partial charge on any atom is -0.339 e. The normalized spacial score (nSPS) is 25.3. The van der Waals surface area contributed by atoms with E-state index in [9.17, 15) is 9.59 Å². The molecular formula is C22H31N3O2. The fourth-order valence-electron chi connectivity index (χ4n) is 4.90. The lowest BCUT2D eigenvalue weighted by atomic mass is 9.89. The van der Waals surface area contributed by atoms with Crippen LogP contribution >= 0.6 is 0 Å². The number of benzene rings is 1. The van der Waals surface area contributed by atoms with Crippen LogP contribution in [0.4, 0.5) is 5.69 Å². The summed E-state index contributed by atoms with van der Waals surface area (Å²) in [6, 6.07) is 6.25. The van der Waals surface area contributed by atoms with Crippen LogP contribution in [0.5, 0.6) is 0 Å². The Labute approximate surface area is 162 Å². The number of fused-ring (bicyclic) bond motifs is 3. The number of piperidine rings is 2. The average molecular weight is 370 g/mol. The van der Waals surface area contributed by atoms with E-state index in [1.807, 2.05) is 21.9 Å². The van der Waals surface area contributed by atoms with Crippen LogP contribution in [-0.4, -0.2) is 48.9 Å². The molecule has 2 unspecified atom stereocenters. The molecule has 2 atom stereocenters. The van der Waals surface area contributed by atoms with Crippen molar-refractivity contribution in [1.29, 1.82) is 0 Å². The Morgan fingerprint density at radius 2 is 1.96 bits per heavy atom. The molecular weight excluding hydrogens is 338 g/mol. The predicted octanol–water partition coefficient (Wildman–Crippen LogP) is 3.15. The minimum atomic E-state index is 0.142. The molecule has 0 bridgehead atoms. The van der Waals surface area contributed by atoms with Crippen molar-refractivity contribution in [3.8, 4) is 0 Å². The zero-order chi connectivity index (χ0) is 19.0. The Hall–Kier alpha value is -1.88. The lowest BCUT2D eigenvalue weighted by Gasteiger charge is -2.32. The van der Waals surface area contributed by atoms with Crippen molar-refractivity contribution in [2.75, 3.05) is 31.1 Å². The van der Waals surface area contributed by atoms with E-state index in [-0.39, 0.29) is 17.9 Å². The van der Waals surface area contributed by atoms with Gasteiger partial charge in [0, 0.05) is 49.3 Å². The Kier molecular flexibility index (Phi) is 5.22. The Morgan fingerprint density at radius 1 is 1.19 bits per heavy atom. The standard InChI is InChI=1S/C22H31N3O2/c1-3-4-21(26)25-19-6-5-16(22(27)24-11-8-15(2)9-12-24)13-17(19)18-14-23-10-7-20(18)25/h5-6,13,15,18,20,23H,3-4,7-12,14H2,1-2H3. The summed E-state index contributed by atoms with van der Waals surface area (Å²) in [6.07, 6.45) is 4.60. The first-order chi connectivity index (χ1) is 13.1. The van der Waals surface area contributed by atoms with Crippen LogP contribution in [0, 0.1) is 5.92 Å². The number of amides is 2. The molecule has 1 aromatic rings. The molecule has 2 saturated heterocycles. The molecule has 0 aromatic heterocycles. The van der Waals surface area contributed by atoms with Gasteiger partial charge in [0.25, 0.3) is 5.91 Å². The van der Waals surface area contributed by atoms with Crippen LogP contribution in [0.1, 0.15) is 67.8 Å². The fourth-order valence-corrected chi connectivity index (χ4v) is 4.90. The third-order valence-corrected chi connectivity index (χ3v) is 6.51. The number of carbonyl (C=O) groups excluding carboxylic acids is 2. The number of hydrogen-bond donors (Lipinski definition) is 1. The quantitative estimate of drug-likeness (QED) is 0.890. The lowest BCUT2D eigenvalue weighted by molar-refractivity contribution is -0.119. The molecule has 0 aliphatic carbocycles. The Morgan fingerprint density at radius 3 is 2.70 bits per heavy atom. The van der Waals surface area contributed by atoms with Gasteiger partial charge in [-0.05, 0) is 61.9 Å². The lowest BCUT2D eigenvalue weighted by Crippen LogP contribution is -2.46. The van der Waals surface area contributed by atoms with Gasteiger partial charge in [0.15, 0.2) is 0 Å². The SMILES string of the molecule is CCCC(=O)N1c2ccc(C(=O)N3CCC(C)CC3)cc2C2CNCCC21. The van der Waals surface area contributed by atoms with Crippen LogP contribution < -0.4 is 10.2 Å². The summed E-state index contributed by atoms with van der Waals surface area (Å²) in [6.45, 7) is 7.85. The Balaban J connectivity index is 1.62.